The summed E-state index contributed by atoms with van der Waals surface area (Å²) in [7, 11) is 1.78. The molecule has 2 aliphatic rings. The number of hydrogen-bond acceptors (Lipinski definition) is 2. The van der Waals surface area contributed by atoms with Crippen LogP contribution in [-0.4, -0.2) is 14.1 Å². The average molecular weight is 255 g/mol. The van der Waals surface area contributed by atoms with Crippen molar-refractivity contribution in [2.45, 2.75) is 31.2 Å². The number of aryl methyl sites for hydroxylation is 1. The molecule has 4 nitrogen and oxygen atoms in total. The van der Waals surface area contributed by atoms with Crippen LogP contribution in [0.1, 0.15) is 25.7 Å². The van der Waals surface area contributed by atoms with E-state index in [1.54, 1.807) is 17.8 Å². The van der Waals surface area contributed by atoms with Gasteiger partial charge >= 0.3 is 0 Å². The van der Waals surface area contributed by atoms with E-state index in [9.17, 15) is 4.79 Å². The molecule has 0 radical (unpaired) electrons. The van der Waals surface area contributed by atoms with Crippen molar-refractivity contribution in [3.63, 3.8) is 0 Å². The van der Waals surface area contributed by atoms with Gasteiger partial charge in [-0.25, -0.2) is 4.98 Å². The van der Waals surface area contributed by atoms with Gasteiger partial charge in [-0.1, -0.05) is 0 Å². The zero-order valence-corrected chi connectivity index (χ0v) is 11.0. The van der Waals surface area contributed by atoms with E-state index in [2.05, 4.69) is 9.55 Å². The van der Waals surface area contributed by atoms with E-state index in [1.165, 1.54) is 25.7 Å². The van der Waals surface area contributed by atoms with Crippen LogP contribution in [0.3, 0.4) is 0 Å². The van der Waals surface area contributed by atoms with Crippen LogP contribution in [0, 0.1) is 5.92 Å². The van der Waals surface area contributed by atoms with Gasteiger partial charge in [0.1, 0.15) is 5.82 Å². The summed E-state index contributed by atoms with van der Waals surface area (Å²) in [5.41, 5.74) is 1.01. The molecule has 4 heteroatoms. The van der Waals surface area contributed by atoms with Crippen molar-refractivity contribution in [1.82, 2.24) is 14.1 Å². The number of nitrogens with zero attached hydrogens (tertiary/aromatic N) is 3. The third kappa shape index (κ3) is 1.52. The summed E-state index contributed by atoms with van der Waals surface area (Å²) in [5.74, 6) is 1.64. The molecule has 2 fully saturated rings. The van der Waals surface area contributed by atoms with E-state index < -0.39 is 0 Å². The Morgan fingerprint density at radius 3 is 2.79 bits per heavy atom. The lowest BCUT2D eigenvalue weighted by Gasteiger charge is -2.19. The average Bonchev–Trinajstić information content (AvgIpc) is 3.30. The van der Waals surface area contributed by atoms with Gasteiger partial charge in [0.05, 0.1) is 5.56 Å². The van der Waals surface area contributed by atoms with Crippen LogP contribution in [0.25, 0.3) is 11.4 Å². The first-order valence-electron chi connectivity index (χ1n) is 6.92. The maximum Gasteiger partial charge on any atom is 0.261 e. The third-order valence-electron chi connectivity index (χ3n) is 4.58. The van der Waals surface area contributed by atoms with E-state index in [1.807, 2.05) is 24.5 Å². The number of imidazole rings is 1. The topological polar surface area (TPSA) is 39.8 Å². The van der Waals surface area contributed by atoms with Crippen molar-refractivity contribution >= 4 is 0 Å². The van der Waals surface area contributed by atoms with Crippen molar-refractivity contribution in [3.8, 4) is 11.4 Å². The molecule has 0 amide bonds. The maximum atomic E-state index is 12.3. The first-order valence-corrected chi connectivity index (χ1v) is 6.92. The molecule has 2 aliphatic carbocycles. The van der Waals surface area contributed by atoms with Crippen LogP contribution in [0.15, 0.2) is 35.5 Å². The predicted octanol–water partition coefficient (Wildman–Crippen LogP) is 2.15. The van der Waals surface area contributed by atoms with Crippen molar-refractivity contribution in [3.05, 3.63) is 41.1 Å². The zero-order chi connectivity index (χ0) is 13.0. The molecule has 0 aliphatic heterocycles. The largest absolute Gasteiger partial charge is 0.324 e. The van der Waals surface area contributed by atoms with Gasteiger partial charge in [0, 0.05) is 31.2 Å². The second kappa shape index (κ2) is 3.59. The molecule has 0 spiro atoms. The minimum atomic E-state index is 0.0292. The molecule has 19 heavy (non-hydrogen) atoms. The highest BCUT2D eigenvalue weighted by molar-refractivity contribution is 5.55. The van der Waals surface area contributed by atoms with Gasteiger partial charge in [-0.3, -0.25) is 4.79 Å². The molecular formula is C15H17N3O. The van der Waals surface area contributed by atoms with E-state index in [0.717, 1.165) is 11.7 Å². The number of pyridine rings is 1. The molecule has 0 unspecified atom stereocenters. The van der Waals surface area contributed by atoms with Gasteiger partial charge < -0.3 is 9.13 Å². The molecule has 2 aromatic rings. The summed E-state index contributed by atoms with van der Waals surface area (Å²) in [6.07, 6.45) is 10.8. The van der Waals surface area contributed by atoms with Crippen LogP contribution in [0.5, 0.6) is 0 Å². The lowest BCUT2D eigenvalue weighted by molar-refractivity contribution is 0.425. The molecule has 2 aromatic heterocycles. The normalized spacial score (nSPS) is 20.5. The minimum Gasteiger partial charge on any atom is -0.324 e. The molecule has 2 heterocycles. The fraction of sp³-hybridized carbons (Fsp3) is 0.467. The molecule has 0 aromatic carbocycles. The Morgan fingerprint density at radius 2 is 2.11 bits per heavy atom. The Kier molecular flexibility index (Phi) is 2.08. The first kappa shape index (κ1) is 11.0. The summed E-state index contributed by atoms with van der Waals surface area (Å²) in [6, 6.07) is 3.79. The van der Waals surface area contributed by atoms with Crippen LogP contribution in [-0.2, 0) is 12.6 Å². The fourth-order valence-corrected chi connectivity index (χ4v) is 3.22. The maximum absolute atomic E-state index is 12.3. The summed E-state index contributed by atoms with van der Waals surface area (Å²) in [6.45, 7) is 0. The lowest BCUT2D eigenvalue weighted by atomic mass is 10.1. The summed E-state index contributed by atoms with van der Waals surface area (Å²) in [5, 5.41) is 0. The summed E-state index contributed by atoms with van der Waals surface area (Å²) >= 11 is 0. The van der Waals surface area contributed by atoms with Crippen LogP contribution in [0.4, 0.5) is 0 Å². The monoisotopic (exact) mass is 255 g/mol. The van der Waals surface area contributed by atoms with E-state index in [4.69, 9.17) is 0 Å². The number of rotatable bonds is 3. The smallest absolute Gasteiger partial charge is 0.261 e. The van der Waals surface area contributed by atoms with Crippen molar-refractivity contribution in [1.29, 1.82) is 0 Å². The summed E-state index contributed by atoms with van der Waals surface area (Å²) in [4.78, 5) is 16.7. The van der Waals surface area contributed by atoms with Gasteiger partial charge in [0.25, 0.3) is 5.56 Å². The molecule has 2 saturated carbocycles. The minimum absolute atomic E-state index is 0.0292. The highest BCUT2D eigenvalue weighted by atomic mass is 16.1. The molecule has 4 rings (SSSR count). The molecule has 0 bridgehead atoms. The molecule has 0 atom stereocenters. The van der Waals surface area contributed by atoms with E-state index in [0.29, 0.717) is 5.56 Å². The Labute approximate surface area is 111 Å². The molecular weight excluding hydrogens is 238 g/mol. The molecule has 0 N–H and O–H groups in total. The van der Waals surface area contributed by atoms with Crippen LogP contribution in [0.2, 0.25) is 0 Å². The van der Waals surface area contributed by atoms with Crippen molar-refractivity contribution in [2.24, 2.45) is 13.0 Å². The SMILES string of the molecule is Cn1cccc(-c2nccn2C2(C3CC3)CC2)c1=O. The Bertz CT molecular complexity index is 689. The third-order valence-corrected chi connectivity index (χ3v) is 4.58. The second-order valence-corrected chi connectivity index (χ2v) is 5.84. The quantitative estimate of drug-likeness (QED) is 0.843. The highest BCUT2D eigenvalue weighted by Crippen LogP contribution is 2.59. The molecule has 0 saturated heterocycles. The predicted molar refractivity (Wildman–Crippen MR) is 72.8 cm³/mol. The Morgan fingerprint density at radius 1 is 1.32 bits per heavy atom. The van der Waals surface area contributed by atoms with E-state index in [-0.39, 0.29) is 11.1 Å². The van der Waals surface area contributed by atoms with Gasteiger partial charge in [0.15, 0.2) is 0 Å². The highest BCUT2D eigenvalue weighted by Gasteiger charge is 2.56. The van der Waals surface area contributed by atoms with Gasteiger partial charge in [-0.2, -0.15) is 0 Å². The lowest BCUT2D eigenvalue weighted by Crippen LogP contribution is -2.24. The van der Waals surface area contributed by atoms with Crippen molar-refractivity contribution in [2.75, 3.05) is 0 Å². The fourth-order valence-electron chi connectivity index (χ4n) is 3.22. The van der Waals surface area contributed by atoms with Crippen LogP contribution < -0.4 is 5.56 Å². The van der Waals surface area contributed by atoms with Gasteiger partial charge in [0.2, 0.25) is 0 Å². The first-order chi connectivity index (χ1) is 9.22. The van der Waals surface area contributed by atoms with Crippen LogP contribution >= 0.6 is 0 Å². The van der Waals surface area contributed by atoms with Crippen molar-refractivity contribution < 1.29 is 0 Å². The Hall–Kier alpha value is -1.84. The zero-order valence-electron chi connectivity index (χ0n) is 11.0. The molecule has 98 valence electrons. The summed E-state index contributed by atoms with van der Waals surface area (Å²) < 4.78 is 3.88. The van der Waals surface area contributed by atoms with Gasteiger partial charge in [-0.15, -0.1) is 0 Å². The second-order valence-electron chi connectivity index (χ2n) is 5.84. The van der Waals surface area contributed by atoms with Gasteiger partial charge in [-0.05, 0) is 43.7 Å². The van der Waals surface area contributed by atoms with E-state index >= 15 is 0 Å². The number of hydrogen-bond donors (Lipinski definition) is 0. The number of aromatic nitrogens is 3. The standard InChI is InChI=1S/C15H17N3O/c1-17-9-2-3-12(14(17)19)13-16-8-10-18(13)15(6-7-15)11-4-5-11/h2-3,8-11H,4-7H2,1H3. The Balaban J connectivity index is 1.87.